The number of hydrogen-bond donors (Lipinski definition) is 1. The van der Waals surface area contributed by atoms with E-state index in [0.717, 1.165) is 25.2 Å². The van der Waals surface area contributed by atoms with Crippen molar-refractivity contribution in [2.45, 2.75) is 32.1 Å². The Labute approximate surface area is 125 Å². The van der Waals surface area contributed by atoms with Gasteiger partial charge in [-0.1, -0.05) is 24.3 Å². The van der Waals surface area contributed by atoms with Crippen LogP contribution in [-0.2, 0) is 11.3 Å². The van der Waals surface area contributed by atoms with E-state index >= 15 is 0 Å². The summed E-state index contributed by atoms with van der Waals surface area (Å²) in [6.45, 7) is 7.49. The number of benzene rings is 1. The molecule has 1 aliphatic rings. The molecule has 2 N–H and O–H groups in total. The van der Waals surface area contributed by atoms with Crippen LogP contribution < -0.4 is 5.73 Å². The van der Waals surface area contributed by atoms with Gasteiger partial charge in [0.2, 0.25) is 0 Å². The lowest BCUT2D eigenvalue weighted by Gasteiger charge is -2.42. The molecule has 0 radical (unpaired) electrons. The lowest BCUT2D eigenvalue weighted by molar-refractivity contribution is -0.133. The van der Waals surface area contributed by atoms with Crippen molar-refractivity contribution < 1.29 is 4.74 Å². The fraction of sp³-hybridized carbons (Fsp3) is 0.471. The highest BCUT2D eigenvalue weighted by molar-refractivity contribution is 5.81. The number of para-hydroxylation sites is 1. The predicted molar refractivity (Wildman–Crippen MR) is 85.0 cm³/mol. The summed E-state index contributed by atoms with van der Waals surface area (Å²) in [6, 6.07) is 10.5. The van der Waals surface area contributed by atoms with Gasteiger partial charge in [0.25, 0.3) is 0 Å². The summed E-state index contributed by atoms with van der Waals surface area (Å²) in [5, 5.41) is 1.19. The van der Waals surface area contributed by atoms with E-state index in [0.29, 0.717) is 6.54 Å². The molecule has 2 aromatic rings. The number of rotatable bonds is 3. The first-order chi connectivity index (χ1) is 10.1. The summed E-state index contributed by atoms with van der Waals surface area (Å²) in [5.41, 5.74) is 8.01. The molecule has 0 saturated carbocycles. The van der Waals surface area contributed by atoms with E-state index in [1.165, 1.54) is 10.9 Å². The summed E-state index contributed by atoms with van der Waals surface area (Å²) in [7, 11) is 0. The molecule has 1 fully saturated rings. The van der Waals surface area contributed by atoms with Crippen molar-refractivity contribution in [3.63, 3.8) is 0 Å². The topological polar surface area (TPSA) is 51.4 Å². The van der Waals surface area contributed by atoms with Crippen LogP contribution in [0.2, 0.25) is 0 Å². The van der Waals surface area contributed by atoms with Crippen molar-refractivity contribution in [3.8, 4) is 0 Å². The molecule has 3 rings (SSSR count). The van der Waals surface area contributed by atoms with E-state index in [9.17, 15) is 0 Å². The molecule has 4 nitrogen and oxygen atoms in total. The first-order valence-corrected chi connectivity index (χ1v) is 7.50. The van der Waals surface area contributed by atoms with Crippen molar-refractivity contribution in [1.82, 2.24) is 9.88 Å². The van der Waals surface area contributed by atoms with Gasteiger partial charge < -0.3 is 10.5 Å². The van der Waals surface area contributed by atoms with Crippen LogP contribution in [0.4, 0.5) is 0 Å². The third-order valence-corrected chi connectivity index (χ3v) is 3.93. The molecule has 1 aliphatic heterocycles. The second kappa shape index (κ2) is 5.72. The molecular weight excluding hydrogens is 262 g/mol. The van der Waals surface area contributed by atoms with Gasteiger partial charge in [-0.05, 0) is 25.5 Å². The average Bonchev–Trinajstić information content (AvgIpc) is 2.46. The standard InChI is InChI=1S/C17H23N3O/c1-17(2)12-20(11-15(9-18)21-17)10-14-6-3-5-13-7-4-8-19-16(13)14/h3-8,15H,9-12,18H2,1-2H3. The first-order valence-electron chi connectivity index (χ1n) is 7.50. The lowest BCUT2D eigenvalue weighted by Crippen LogP contribution is -2.54. The van der Waals surface area contributed by atoms with Gasteiger partial charge in [-0.3, -0.25) is 9.88 Å². The quantitative estimate of drug-likeness (QED) is 0.939. The monoisotopic (exact) mass is 285 g/mol. The van der Waals surface area contributed by atoms with E-state index in [4.69, 9.17) is 10.5 Å². The lowest BCUT2D eigenvalue weighted by atomic mass is 10.0. The van der Waals surface area contributed by atoms with Crippen molar-refractivity contribution in [3.05, 3.63) is 42.1 Å². The summed E-state index contributed by atoms with van der Waals surface area (Å²) in [5.74, 6) is 0. The number of fused-ring (bicyclic) bond motifs is 1. The van der Waals surface area contributed by atoms with E-state index in [1.54, 1.807) is 0 Å². The average molecular weight is 285 g/mol. The van der Waals surface area contributed by atoms with E-state index in [-0.39, 0.29) is 11.7 Å². The van der Waals surface area contributed by atoms with Gasteiger partial charge in [-0.25, -0.2) is 0 Å². The predicted octanol–water partition coefficient (Wildman–Crippen LogP) is 2.17. The number of nitrogens with two attached hydrogens (primary N) is 1. The van der Waals surface area contributed by atoms with E-state index in [1.807, 2.05) is 12.3 Å². The zero-order valence-electron chi connectivity index (χ0n) is 12.7. The fourth-order valence-corrected chi connectivity index (χ4v) is 3.20. The molecule has 0 aliphatic carbocycles. The van der Waals surface area contributed by atoms with Gasteiger partial charge in [-0.15, -0.1) is 0 Å². The molecule has 1 aromatic heterocycles. The molecule has 0 bridgehead atoms. The molecule has 1 aromatic carbocycles. The maximum Gasteiger partial charge on any atom is 0.0831 e. The minimum Gasteiger partial charge on any atom is -0.368 e. The molecule has 1 atom stereocenters. The Morgan fingerprint density at radius 1 is 1.33 bits per heavy atom. The molecule has 1 saturated heterocycles. The van der Waals surface area contributed by atoms with Crippen molar-refractivity contribution >= 4 is 10.9 Å². The molecule has 21 heavy (non-hydrogen) atoms. The van der Waals surface area contributed by atoms with Crippen LogP contribution in [0.1, 0.15) is 19.4 Å². The van der Waals surface area contributed by atoms with Crippen LogP contribution >= 0.6 is 0 Å². The van der Waals surface area contributed by atoms with Gasteiger partial charge in [0.1, 0.15) is 0 Å². The van der Waals surface area contributed by atoms with Crippen LogP contribution in [0.25, 0.3) is 10.9 Å². The second-order valence-electron chi connectivity index (χ2n) is 6.40. The maximum absolute atomic E-state index is 6.00. The van der Waals surface area contributed by atoms with E-state index < -0.39 is 0 Å². The van der Waals surface area contributed by atoms with Gasteiger partial charge in [0.05, 0.1) is 17.2 Å². The van der Waals surface area contributed by atoms with Crippen LogP contribution in [-0.4, -0.2) is 41.2 Å². The molecular formula is C17H23N3O. The summed E-state index contributed by atoms with van der Waals surface area (Å²) in [6.07, 6.45) is 1.97. The van der Waals surface area contributed by atoms with Crippen LogP contribution in [0.15, 0.2) is 36.5 Å². The molecule has 112 valence electrons. The number of nitrogens with zero attached hydrogens (tertiary/aromatic N) is 2. The third kappa shape index (κ3) is 3.23. The normalized spacial score (nSPS) is 22.5. The van der Waals surface area contributed by atoms with E-state index in [2.05, 4.69) is 48.0 Å². The highest BCUT2D eigenvalue weighted by atomic mass is 16.5. The number of hydrogen-bond acceptors (Lipinski definition) is 4. The van der Waals surface area contributed by atoms with Gasteiger partial charge in [0, 0.05) is 37.8 Å². The molecule has 2 heterocycles. The first kappa shape index (κ1) is 14.4. The molecule has 1 unspecified atom stereocenters. The summed E-state index contributed by atoms with van der Waals surface area (Å²) < 4.78 is 6.00. The van der Waals surface area contributed by atoms with Gasteiger partial charge in [-0.2, -0.15) is 0 Å². The Kier molecular flexibility index (Phi) is 3.93. The van der Waals surface area contributed by atoms with Crippen LogP contribution in [0.3, 0.4) is 0 Å². The number of ether oxygens (including phenoxy) is 1. The highest BCUT2D eigenvalue weighted by Crippen LogP contribution is 2.24. The Hall–Kier alpha value is -1.49. The molecule has 0 amide bonds. The van der Waals surface area contributed by atoms with Gasteiger partial charge >= 0.3 is 0 Å². The number of pyridine rings is 1. The summed E-state index contributed by atoms with van der Waals surface area (Å²) >= 11 is 0. The zero-order chi connectivity index (χ0) is 14.9. The smallest absolute Gasteiger partial charge is 0.0831 e. The van der Waals surface area contributed by atoms with Crippen molar-refractivity contribution in [2.75, 3.05) is 19.6 Å². The van der Waals surface area contributed by atoms with Gasteiger partial charge in [0.15, 0.2) is 0 Å². The fourth-order valence-electron chi connectivity index (χ4n) is 3.20. The van der Waals surface area contributed by atoms with Crippen molar-refractivity contribution in [2.24, 2.45) is 5.73 Å². The second-order valence-corrected chi connectivity index (χ2v) is 6.40. The molecule has 0 spiro atoms. The number of morpholine rings is 1. The minimum absolute atomic E-state index is 0.108. The molecule has 4 heteroatoms. The third-order valence-electron chi connectivity index (χ3n) is 3.93. The zero-order valence-corrected chi connectivity index (χ0v) is 12.7. The SMILES string of the molecule is CC1(C)CN(Cc2cccc3cccnc23)CC(CN)O1. The Balaban J connectivity index is 1.84. The van der Waals surface area contributed by atoms with Crippen LogP contribution in [0.5, 0.6) is 0 Å². The highest BCUT2D eigenvalue weighted by Gasteiger charge is 2.32. The Morgan fingerprint density at radius 2 is 2.14 bits per heavy atom. The largest absolute Gasteiger partial charge is 0.368 e. The van der Waals surface area contributed by atoms with Crippen molar-refractivity contribution in [1.29, 1.82) is 0 Å². The Morgan fingerprint density at radius 3 is 2.95 bits per heavy atom. The Bertz CT molecular complexity index is 621. The summed E-state index contributed by atoms with van der Waals surface area (Å²) in [4.78, 5) is 6.96. The van der Waals surface area contributed by atoms with Crippen LogP contribution in [0, 0.1) is 0 Å². The minimum atomic E-state index is -0.152. The number of aromatic nitrogens is 1. The maximum atomic E-state index is 6.00.